The highest BCUT2D eigenvalue weighted by molar-refractivity contribution is 5.91. The Labute approximate surface area is 152 Å². The summed E-state index contributed by atoms with van der Waals surface area (Å²) in [4.78, 5) is 56.9. The third-order valence-corrected chi connectivity index (χ3v) is 3.54. The number of carbonyl (C=O) groups is 5. The molecule has 0 unspecified atom stereocenters. The van der Waals surface area contributed by atoms with E-state index in [1.165, 1.54) is 0 Å². The normalized spacial score (nSPS) is 14.2. The number of carboxylic acid groups (broad SMARTS) is 1. The summed E-state index contributed by atoms with van der Waals surface area (Å²) in [6.07, 6.45) is 0.455. The number of amides is 3. The lowest BCUT2D eigenvalue weighted by atomic mass is 10.0. The largest absolute Gasteiger partial charge is 0.481 e. The van der Waals surface area contributed by atoms with E-state index in [1.807, 2.05) is 13.8 Å². The Hall–Kier alpha value is -2.49. The number of nitrogens with two attached hydrogens (primary N) is 2. The molecule has 3 amide bonds. The SMILES string of the molecule is CC(C)C[C@H](NC(=O)[C@@H](N)CCC(=O)O)C(=O)N[C@H](C=O)CCC(N)=O. The monoisotopic (exact) mass is 372 g/mol. The summed E-state index contributed by atoms with van der Waals surface area (Å²) in [6.45, 7) is 3.70. The molecule has 0 aromatic heterocycles. The van der Waals surface area contributed by atoms with Crippen molar-refractivity contribution in [3.05, 3.63) is 0 Å². The minimum atomic E-state index is -1.08. The van der Waals surface area contributed by atoms with Crippen LogP contribution in [0.5, 0.6) is 0 Å². The van der Waals surface area contributed by atoms with Gasteiger partial charge >= 0.3 is 5.97 Å². The summed E-state index contributed by atoms with van der Waals surface area (Å²) in [5.74, 6) is -2.84. The predicted molar refractivity (Wildman–Crippen MR) is 92.7 cm³/mol. The molecular formula is C16H28N4O6. The highest BCUT2D eigenvalue weighted by Gasteiger charge is 2.26. The zero-order valence-electron chi connectivity index (χ0n) is 15.1. The van der Waals surface area contributed by atoms with Gasteiger partial charge in [0.1, 0.15) is 12.3 Å². The smallest absolute Gasteiger partial charge is 0.303 e. The van der Waals surface area contributed by atoms with Gasteiger partial charge in [-0.3, -0.25) is 19.2 Å². The van der Waals surface area contributed by atoms with Crippen molar-refractivity contribution in [1.82, 2.24) is 10.6 Å². The van der Waals surface area contributed by atoms with Gasteiger partial charge in [-0.15, -0.1) is 0 Å². The molecule has 0 heterocycles. The predicted octanol–water partition coefficient (Wildman–Crippen LogP) is -1.34. The van der Waals surface area contributed by atoms with Crippen molar-refractivity contribution in [2.45, 2.75) is 64.1 Å². The van der Waals surface area contributed by atoms with E-state index in [2.05, 4.69) is 10.6 Å². The van der Waals surface area contributed by atoms with Crippen molar-refractivity contribution in [1.29, 1.82) is 0 Å². The van der Waals surface area contributed by atoms with Crippen LogP contribution in [0.1, 0.15) is 46.0 Å². The van der Waals surface area contributed by atoms with Crippen LogP contribution in [-0.2, 0) is 24.0 Å². The second-order valence-corrected chi connectivity index (χ2v) is 6.49. The summed E-state index contributed by atoms with van der Waals surface area (Å²) in [5.41, 5.74) is 10.7. The van der Waals surface area contributed by atoms with Crippen LogP contribution in [0.3, 0.4) is 0 Å². The number of aldehydes is 1. The lowest BCUT2D eigenvalue weighted by Gasteiger charge is -2.23. The van der Waals surface area contributed by atoms with Crippen LogP contribution in [0.25, 0.3) is 0 Å². The quantitative estimate of drug-likeness (QED) is 0.248. The molecule has 0 spiro atoms. The van der Waals surface area contributed by atoms with E-state index in [9.17, 15) is 24.0 Å². The average molecular weight is 372 g/mol. The number of aliphatic carboxylic acids is 1. The summed E-state index contributed by atoms with van der Waals surface area (Å²) >= 11 is 0. The lowest BCUT2D eigenvalue weighted by Crippen LogP contribution is -2.54. The van der Waals surface area contributed by atoms with E-state index in [4.69, 9.17) is 16.6 Å². The minimum absolute atomic E-state index is 0.0570. The fourth-order valence-corrected chi connectivity index (χ4v) is 2.15. The Morgan fingerprint density at radius 1 is 1.04 bits per heavy atom. The summed E-state index contributed by atoms with van der Waals surface area (Å²) in [5, 5.41) is 13.6. The summed E-state index contributed by atoms with van der Waals surface area (Å²) in [7, 11) is 0. The Kier molecular flexibility index (Phi) is 10.8. The molecular weight excluding hydrogens is 344 g/mol. The molecule has 0 fully saturated rings. The minimum Gasteiger partial charge on any atom is -0.481 e. The average Bonchev–Trinajstić information content (AvgIpc) is 2.54. The molecule has 0 aromatic rings. The molecule has 7 N–H and O–H groups in total. The molecule has 0 bridgehead atoms. The van der Waals surface area contributed by atoms with Gasteiger partial charge in [-0.05, 0) is 25.2 Å². The lowest BCUT2D eigenvalue weighted by molar-refractivity contribution is -0.137. The van der Waals surface area contributed by atoms with Crippen LogP contribution in [0.15, 0.2) is 0 Å². The van der Waals surface area contributed by atoms with E-state index >= 15 is 0 Å². The maximum atomic E-state index is 12.4. The van der Waals surface area contributed by atoms with Crippen LogP contribution in [0.4, 0.5) is 0 Å². The zero-order chi connectivity index (χ0) is 20.3. The van der Waals surface area contributed by atoms with Crippen molar-refractivity contribution in [2.75, 3.05) is 0 Å². The molecule has 0 aromatic carbocycles. The zero-order valence-corrected chi connectivity index (χ0v) is 15.1. The van der Waals surface area contributed by atoms with Crippen molar-refractivity contribution >= 4 is 30.0 Å². The Bertz CT molecular complexity index is 523. The van der Waals surface area contributed by atoms with Gasteiger partial charge < -0.3 is 32.0 Å². The van der Waals surface area contributed by atoms with E-state index in [0.29, 0.717) is 12.7 Å². The van der Waals surface area contributed by atoms with Crippen LogP contribution in [-0.4, -0.2) is 53.2 Å². The topological polar surface area (TPSA) is 182 Å². The van der Waals surface area contributed by atoms with Gasteiger partial charge in [0, 0.05) is 12.8 Å². The number of carbonyl (C=O) groups excluding carboxylic acids is 4. The molecule has 148 valence electrons. The van der Waals surface area contributed by atoms with Gasteiger partial charge in [0.2, 0.25) is 17.7 Å². The third kappa shape index (κ3) is 10.4. The summed E-state index contributed by atoms with van der Waals surface area (Å²) < 4.78 is 0. The highest BCUT2D eigenvalue weighted by atomic mass is 16.4. The first-order chi connectivity index (χ1) is 12.1. The Balaban J connectivity index is 4.86. The molecule has 10 heteroatoms. The van der Waals surface area contributed by atoms with Gasteiger partial charge in [-0.2, -0.15) is 0 Å². The molecule has 0 saturated carbocycles. The maximum Gasteiger partial charge on any atom is 0.303 e. The fourth-order valence-electron chi connectivity index (χ4n) is 2.15. The number of hydrogen-bond acceptors (Lipinski definition) is 6. The van der Waals surface area contributed by atoms with Crippen molar-refractivity contribution < 1.29 is 29.1 Å². The van der Waals surface area contributed by atoms with Crippen LogP contribution in [0.2, 0.25) is 0 Å². The maximum absolute atomic E-state index is 12.4. The first-order valence-corrected chi connectivity index (χ1v) is 8.38. The standard InChI is InChI=1S/C16H28N4O6/c1-9(2)7-12(20-15(25)11(17)4-6-14(23)24)16(26)19-10(8-21)3-5-13(18)22/h8-12H,3-7,17H2,1-2H3,(H2,18,22)(H,19,26)(H,20,25)(H,23,24)/t10-,11-,12-/m0/s1. The highest BCUT2D eigenvalue weighted by Crippen LogP contribution is 2.07. The van der Waals surface area contributed by atoms with Crippen molar-refractivity contribution in [3.63, 3.8) is 0 Å². The van der Waals surface area contributed by atoms with Gasteiger partial charge in [-0.1, -0.05) is 13.8 Å². The summed E-state index contributed by atoms with van der Waals surface area (Å²) in [6, 6.07) is -2.90. The van der Waals surface area contributed by atoms with Gasteiger partial charge in [0.15, 0.2) is 0 Å². The first kappa shape index (κ1) is 23.5. The second-order valence-electron chi connectivity index (χ2n) is 6.49. The molecule has 0 saturated heterocycles. The molecule has 26 heavy (non-hydrogen) atoms. The molecule has 0 radical (unpaired) electrons. The molecule has 3 atom stereocenters. The Morgan fingerprint density at radius 2 is 1.65 bits per heavy atom. The molecule has 0 aliphatic rings. The first-order valence-electron chi connectivity index (χ1n) is 8.38. The number of nitrogens with one attached hydrogen (secondary N) is 2. The Morgan fingerprint density at radius 3 is 2.12 bits per heavy atom. The van der Waals surface area contributed by atoms with Crippen LogP contribution < -0.4 is 22.1 Å². The molecule has 0 aliphatic heterocycles. The third-order valence-electron chi connectivity index (χ3n) is 3.54. The number of rotatable bonds is 13. The number of hydrogen-bond donors (Lipinski definition) is 5. The number of carboxylic acids is 1. The molecule has 10 nitrogen and oxygen atoms in total. The van der Waals surface area contributed by atoms with E-state index < -0.39 is 41.8 Å². The van der Waals surface area contributed by atoms with Crippen molar-refractivity contribution in [2.24, 2.45) is 17.4 Å². The number of primary amides is 1. The van der Waals surface area contributed by atoms with Crippen molar-refractivity contribution in [3.8, 4) is 0 Å². The van der Waals surface area contributed by atoms with Gasteiger partial charge in [0.05, 0.1) is 12.1 Å². The van der Waals surface area contributed by atoms with Gasteiger partial charge in [-0.25, -0.2) is 0 Å². The van der Waals surface area contributed by atoms with Crippen LogP contribution in [0, 0.1) is 5.92 Å². The second kappa shape index (κ2) is 12.0. The fraction of sp³-hybridized carbons (Fsp3) is 0.688. The van der Waals surface area contributed by atoms with Crippen LogP contribution >= 0.6 is 0 Å². The van der Waals surface area contributed by atoms with E-state index in [1.54, 1.807) is 0 Å². The molecule has 0 aliphatic carbocycles. The van der Waals surface area contributed by atoms with Gasteiger partial charge in [0.25, 0.3) is 0 Å². The molecule has 0 rings (SSSR count). The van der Waals surface area contributed by atoms with E-state index in [0.717, 1.165) is 0 Å². The van der Waals surface area contributed by atoms with E-state index in [-0.39, 0.29) is 31.6 Å².